The number of hydrogen-bond acceptors (Lipinski definition) is 3. The van der Waals surface area contributed by atoms with E-state index in [9.17, 15) is 19.1 Å². The van der Waals surface area contributed by atoms with E-state index in [1.807, 2.05) is 66.9 Å². The number of carboxylic acids is 1. The van der Waals surface area contributed by atoms with Gasteiger partial charge in [-0.3, -0.25) is 4.79 Å². The summed E-state index contributed by atoms with van der Waals surface area (Å²) in [6.07, 6.45) is 0. The van der Waals surface area contributed by atoms with Crippen LogP contribution in [0.3, 0.4) is 0 Å². The summed E-state index contributed by atoms with van der Waals surface area (Å²) in [5.41, 5.74) is 4.21. The Morgan fingerprint density at radius 3 is 2.20 bits per heavy atom. The molecule has 1 heterocycles. The molecule has 1 aromatic heterocycles. The molecule has 0 aliphatic heterocycles. The van der Waals surface area contributed by atoms with Gasteiger partial charge in [-0.05, 0) is 57.0 Å². The lowest BCUT2D eigenvalue weighted by Crippen LogP contribution is -2.34. The molecule has 4 rings (SSSR count). The second-order valence-corrected chi connectivity index (χ2v) is 9.32. The average molecular weight is 474 g/mol. The molecule has 4 aromatic rings. The summed E-state index contributed by atoms with van der Waals surface area (Å²) in [7, 11) is 0. The molecule has 0 aliphatic rings. The molecule has 3 aromatic carbocycles. The van der Waals surface area contributed by atoms with Gasteiger partial charge in [0.05, 0.1) is 17.7 Å². The van der Waals surface area contributed by atoms with Crippen molar-refractivity contribution in [3.63, 3.8) is 0 Å². The minimum Gasteiger partial charge on any atom is -0.479 e. The first-order chi connectivity index (χ1) is 16.6. The van der Waals surface area contributed by atoms with Crippen molar-refractivity contribution < 1.29 is 23.8 Å². The molecule has 0 atom stereocenters. The van der Waals surface area contributed by atoms with E-state index in [4.69, 9.17) is 4.74 Å². The van der Waals surface area contributed by atoms with Gasteiger partial charge in [-0.25, -0.2) is 9.18 Å². The highest BCUT2D eigenvalue weighted by Gasteiger charge is 2.27. The number of carbonyl (C=O) groups is 2. The van der Waals surface area contributed by atoms with Gasteiger partial charge in [0.1, 0.15) is 5.82 Å². The summed E-state index contributed by atoms with van der Waals surface area (Å²) in [6.45, 7) is 7.50. The molecule has 0 bridgehead atoms. The van der Waals surface area contributed by atoms with Gasteiger partial charge < -0.3 is 14.4 Å². The van der Waals surface area contributed by atoms with Crippen LogP contribution in [-0.2, 0) is 22.7 Å². The van der Waals surface area contributed by atoms with Crippen LogP contribution in [0.15, 0.2) is 66.7 Å². The van der Waals surface area contributed by atoms with Gasteiger partial charge in [0.15, 0.2) is 11.4 Å². The molecule has 0 aliphatic carbocycles. The van der Waals surface area contributed by atoms with E-state index in [1.165, 1.54) is 26.0 Å². The first-order valence-electron chi connectivity index (χ1n) is 11.4. The first-order valence-corrected chi connectivity index (χ1v) is 11.4. The van der Waals surface area contributed by atoms with Gasteiger partial charge in [-0.2, -0.15) is 0 Å². The maximum Gasteiger partial charge on any atom is 0.335 e. The van der Waals surface area contributed by atoms with E-state index < -0.39 is 11.6 Å². The number of halogens is 1. The number of fused-ring (bicyclic) bond motifs is 1. The highest BCUT2D eigenvalue weighted by Crippen LogP contribution is 2.30. The van der Waals surface area contributed by atoms with E-state index in [-0.39, 0.29) is 18.2 Å². The number of aromatic nitrogens is 1. The fourth-order valence-electron chi connectivity index (χ4n) is 4.04. The lowest BCUT2D eigenvalue weighted by atomic mass is 9.99. The standard InChI is InChI=1S/C29H28FNO4/c1-18-5-11-22(12-6-18)27(32)26-19(2)31(25-15-23(30)13-14-24(25)26)16-20-7-9-21(10-8-20)17-35-29(3,4)28(33)34/h5-15H,16-17H2,1-4H3,(H,33,34). The van der Waals surface area contributed by atoms with Crippen molar-refractivity contribution >= 4 is 22.7 Å². The number of aryl methyl sites for hydroxylation is 1. The number of carboxylic acid groups (broad SMARTS) is 1. The summed E-state index contributed by atoms with van der Waals surface area (Å²) in [6, 6.07) is 19.6. The van der Waals surface area contributed by atoms with Crippen LogP contribution < -0.4 is 0 Å². The highest BCUT2D eigenvalue weighted by atomic mass is 19.1. The van der Waals surface area contributed by atoms with Gasteiger partial charge in [-0.1, -0.05) is 54.1 Å². The van der Waals surface area contributed by atoms with Gasteiger partial charge in [0.25, 0.3) is 0 Å². The quantitative estimate of drug-likeness (QED) is 0.316. The number of carbonyl (C=O) groups excluding carboxylic acids is 1. The smallest absolute Gasteiger partial charge is 0.335 e. The summed E-state index contributed by atoms with van der Waals surface area (Å²) in [5, 5.41) is 9.92. The minimum atomic E-state index is -1.27. The van der Waals surface area contributed by atoms with Crippen molar-refractivity contribution in [2.24, 2.45) is 0 Å². The second kappa shape index (κ2) is 9.47. The molecule has 1 N–H and O–H groups in total. The monoisotopic (exact) mass is 473 g/mol. The molecule has 0 saturated heterocycles. The lowest BCUT2D eigenvalue weighted by Gasteiger charge is -2.20. The Bertz CT molecular complexity index is 1400. The Balaban J connectivity index is 1.65. The maximum atomic E-state index is 14.2. The number of benzene rings is 3. The van der Waals surface area contributed by atoms with Crippen molar-refractivity contribution in [3.05, 3.63) is 106 Å². The zero-order valence-electron chi connectivity index (χ0n) is 20.3. The Labute approximate surface area is 203 Å². The van der Waals surface area contributed by atoms with Crippen LogP contribution in [0, 0.1) is 19.7 Å². The fraction of sp³-hybridized carbons (Fsp3) is 0.241. The van der Waals surface area contributed by atoms with Gasteiger partial charge in [-0.15, -0.1) is 0 Å². The molecule has 5 nitrogen and oxygen atoms in total. The molecule has 35 heavy (non-hydrogen) atoms. The third-order valence-electron chi connectivity index (χ3n) is 6.31. The molecular weight excluding hydrogens is 445 g/mol. The SMILES string of the molecule is Cc1ccc(C(=O)c2c(C)n(Cc3ccc(COC(C)(C)C(=O)O)cc3)c3cc(F)ccc23)cc1. The van der Waals surface area contributed by atoms with E-state index in [1.54, 1.807) is 6.07 Å². The Morgan fingerprint density at radius 2 is 1.57 bits per heavy atom. The Morgan fingerprint density at radius 1 is 0.943 bits per heavy atom. The minimum absolute atomic E-state index is 0.0913. The molecule has 0 unspecified atom stereocenters. The number of hydrogen-bond donors (Lipinski definition) is 1. The van der Waals surface area contributed by atoms with Crippen LogP contribution in [0.1, 0.15) is 52.2 Å². The van der Waals surface area contributed by atoms with Crippen molar-refractivity contribution in [2.45, 2.75) is 46.4 Å². The molecule has 0 radical (unpaired) electrons. The second-order valence-electron chi connectivity index (χ2n) is 9.32. The zero-order chi connectivity index (χ0) is 25.3. The third kappa shape index (κ3) is 5.03. The molecular formula is C29H28FNO4. The predicted molar refractivity (Wildman–Crippen MR) is 133 cm³/mol. The molecule has 0 saturated carbocycles. The summed E-state index contributed by atoms with van der Waals surface area (Å²) < 4.78 is 21.7. The summed E-state index contributed by atoms with van der Waals surface area (Å²) in [5.74, 6) is -1.47. The average Bonchev–Trinajstić information content (AvgIpc) is 3.09. The maximum absolute atomic E-state index is 14.2. The van der Waals surface area contributed by atoms with Crippen LogP contribution in [0.25, 0.3) is 10.9 Å². The highest BCUT2D eigenvalue weighted by molar-refractivity contribution is 6.17. The van der Waals surface area contributed by atoms with Gasteiger partial charge >= 0.3 is 5.97 Å². The number of aliphatic carboxylic acids is 1. The lowest BCUT2D eigenvalue weighted by molar-refractivity contribution is -0.162. The molecule has 0 fully saturated rings. The molecule has 0 spiro atoms. The van der Waals surface area contributed by atoms with Crippen LogP contribution >= 0.6 is 0 Å². The summed E-state index contributed by atoms with van der Waals surface area (Å²) >= 11 is 0. The normalized spacial score (nSPS) is 11.7. The van der Waals surface area contributed by atoms with Crippen LogP contribution in [-0.4, -0.2) is 27.0 Å². The predicted octanol–water partition coefficient (Wildman–Crippen LogP) is 6.06. The number of ketones is 1. The number of rotatable bonds is 8. The van der Waals surface area contributed by atoms with Crippen molar-refractivity contribution in [1.29, 1.82) is 0 Å². The van der Waals surface area contributed by atoms with Gasteiger partial charge in [0.2, 0.25) is 0 Å². The third-order valence-corrected chi connectivity index (χ3v) is 6.31. The van der Waals surface area contributed by atoms with E-state index in [2.05, 4.69) is 0 Å². The van der Waals surface area contributed by atoms with Crippen LogP contribution in [0.5, 0.6) is 0 Å². The topological polar surface area (TPSA) is 68.5 Å². The van der Waals surface area contributed by atoms with Crippen LogP contribution in [0.2, 0.25) is 0 Å². The van der Waals surface area contributed by atoms with E-state index in [0.29, 0.717) is 23.2 Å². The largest absolute Gasteiger partial charge is 0.479 e. The van der Waals surface area contributed by atoms with E-state index in [0.717, 1.165) is 27.8 Å². The van der Waals surface area contributed by atoms with Crippen LogP contribution in [0.4, 0.5) is 4.39 Å². The number of nitrogens with zero attached hydrogens (tertiary/aromatic N) is 1. The Hall–Kier alpha value is -3.77. The molecule has 6 heteroatoms. The van der Waals surface area contributed by atoms with Gasteiger partial charge in [0, 0.05) is 23.2 Å². The zero-order valence-corrected chi connectivity index (χ0v) is 20.3. The van der Waals surface area contributed by atoms with Crippen molar-refractivity contribution in [2.75, 3.05) is 0 Å². The summed E-state index contributed by atoms with van der Waals surface area (Å²) in [4.78, 5) is 24.7. The van der Waals surface area contributed by atoms with E-state index >= 15 is 0 Å². The first kappa shape index (κ1) is 24.4. The molecule has 0 amide bonds. The fourth-order valence-corrected chi connectivity index (χ4v) is 4.04. The van der Waals surface area contributed by atoms with Crippen molar-refractivity contribution in [1.82, 2.24) is 4.57 Å². The number of ether oxygens (including phenoxy) is 1. The van der Waals surface area contributed by atoms with Crippen molar-refractivity contribution in [3.8, 4) is 0 Å². The molecule has 180 valence electrons. The Kier molecular flexibility index (Phi) is 6.59.